The molecule has 0 saturated carbocycles. The van der Waals surface area contributed by atoms with E-state index in [-0.39, 0.29) is 12.1 Å². The Bertz CT molecular complexity index is 685. The Morgan fingerprint density at radius 1 is 1.30 bits per heavy atom. The first-order valence-corrected chi connectivity index (χ1v) is 8.29. The van der Waals surface area contributed by atoms with Gasteiger partial charge in [0, 0.05) is 41.6 Å². The van der Waals surface area contributed by atoms with Crippen molar-refractivity contribution in [2.45, 2.75) is 38.6 Å². The highest BCUT2D eigenvalue weighted by atomic mass is 16.5. The Balaban J connectivity index is 1.66. The highest BCUT2D eigenvalue weighted by Crippen LogP contribution is 2.31. The van der Waals surface area contributed by atoms with Crippen LogP contribution in [0.5, 0.6) is 5.75 Å². The summed E-state index contributed by atoms with van der Waals surface area (Å²) in [6.07, 6.45) is 1.99. The quantitative estimate of drug-likeness (QED) is 0.911. The van der Waals surface area contributed by atoms with Gasteiger partial charge in [-0.2, -0.15) is 0 Å². The number of aromatic amines is 1. The second-order valence-electron chi connectivity index (χ2n) is 6.54. The third-order valence-electron chi connectivity index (χ3n) is 4.48. The van der Waals surface area contributed by atoms with E-state index in [9.17, 15) is 4.79 Å². The number of fused-ring (bicyclic) bond motifs is 1. The van der Waals surface area contributed by atoms with E-state index in [4.69, 9.17) is 4.74 Å². The molecule has 0 bridgehead atoms. The van der Waals surface area contributed by atoms with E-state index in [1.807, 2.05) is 24.8 Å². The molecule has 5 heteroatoms. The lowest BCUT2D eigenvalue weighted by molar-refractivity contribution is 0.178. The van der Waals surface area contributed by atoms with Crippen molar-refractivity contribution in [3.8, 4) is 5.75 Å². The largest absolute Gasteiger partial charge is 0.497 e. The van der Waals surface area contributed by atoms with Gasteiger partial charge in [0.2, 0.25) is 0 Å². The number of benzene rings is 1. The molecule has 1 aromatic heterocycles. The Morgan fingerprint density at radius 3 is 2.70 bits per heavy atom. The highest BCUT2D eigenvalue weighted by molar-refractivity contribution is 5.82. The van der Waals surface area contributed by atoms with Crippen molar-refractivity contribution in [3.63, 3.8) is 0 Å². The lowest BCUT2D eigenvalue weighted by Crippen LogP contribution is -2.46. The number of ether oxygens (including phenoxy) is 1. The van der Waals surface area contributed by atoms with Crippen LogP contribution in [0.2, 0.25) is 0 Å². The minimum atomic E-state index is 0.0554. The maximum Gasteiger partial charge on any atom is 0.317 e. The summed E-state index contributed by atoms with van der Waals surface area (Å²) in [5.74, 6) is 1.36. The molecular formula is C18H25N3O2. The van der Waals surface area contributed by atoms with E-state index >= 15 is 0 Å². The van der Waals surface area contributed by atoms with Crippen LogP contribution in [0.1, 0.15) is 38.3 Å². The topological polar surface area (TPSA) is 57.4 Å². The van der Waals surface area contributed by atoms with E-state index < -0.39 is 0 Å². The molecule has 1 fully saturated rings. The van der Waals surface area contributed by atoms with Crippen LogP contribution in [-0.4, -0.2) is 42.2 Å². The number of hydrogen-bond donors (Lipinski definition) is 2. The first-order chi connectivity index (χ1) is 11.1. The molecule has 124 valence electrons. The Morgan fingerprint density at radius 2 is 2.04 bits per heavy atom. The predicted molar refractivity (Wildman–Crippen MR) is 92.1 cm³/mol. The predicted octanol–water partition coefficient (Wildman–Crippen LogP) is 3.47. The van der Waals surface area contributed by atoms with Crippen molar-refractivity contribution in [1.82, 2.24) is 15.2 Å². The van der Waals surface area contributed by atoms with Gasteiger partial charge in [0.05, 0.1) is 7.11 Å². The van der Waals surface area contributed by atoms with Crippen LogP contribution in [-0.2, 0) is 0 Å². The zero-order valence-electron chi connectivity index (χ0n) is 14.1. The number of urea groups is 1. The summed E-state index contributed by atoms with van der Waals surface area (Å²) in [6.45, 7) is 5.59. The molecule has 23 heavy (non-hydrogen) atoms. The van der Waals surface area contributed by atoms with Crippen molar-refractivity contribution in [2.24, 2.45) is 0 Å². The summed E-state index contributed by atoms with van der Waals surface area (Å²) in [7, 11) is 1.69. The van der Waals surface area contributed by atoms with Crippen LogP contribution in [0.4, 0.5) is 4.79 Å². The van der Waals surface area contributed by atoms with E-state index in [2.05, 4.69) is 28.5 Å². The number of methoxy groups -OCH3 is 1. The molecule has 2 N–H and O–H groups in total. The number of amides is 2. The third-order valence-corrected chi connectivity index (χ3v) is 4.48. The molecule has 0 radical (unpaired) electrons. The van der Waals surface area contributed by atoms with Gasteiger partial charge in [0.1, 0.15) is 5.75 Å². The summed E-state index contributed by atoms with van der Waals surface area (Å²) >= 11 is 0. The molecule has 5 nitrogen and oxygen atoms in total. The molecule has 1 saturated heterocycles. The van der Waals surface area contributed by atoms with Crippen LogP contribution < -0.4 is 10.1 Å². The van der Waals surface area contributed by atoms with Gasteiger partial charge in [0.15, 0.2) is 0 Å². The summed E-state index contributed by atoms with van der Waals surface area (Å²) in [6, 6.07) is 8.54. The fraction of sp³-hybridized carbons (Fsp3) is 0.500. The third kappa shape index (κ3) is 3.44. The van der Waals surface area contributed by atoms with Gasteiger partial charge in [-0.25, -0.2) is 4.79 Å². The summed E-state index contributed by atoms with van der Waals surface area (Å²) in [5, 5.41) is 4.15. The lowest BCUT2D eigenvalue weighted by Gasteiger charge is -2.32. The van der Waals surface area contributed by atoms with Gasteiger partial charge in [0.25, 0.3) is 0 Å². The molecule has 0 unspecified atom stereocenters. The van der Waals surface area contributed by atoms with Crippen molar-refractivity contribution in [1.29, 1.82) is 0 Å². The highest BCUT2D eigenvalue weighted by Gasteiger charge is 2.25. The second-order valence-corrected chi connectivity index (χ2v) is 6.54. The smallest absolute Gasteiger partial charge is 0.317 e. The van der Waals surface area contributed by atoms with Crippen molar-refractivity contribution < 1.29 is 9.53 Å². The van der Waals surface area contributed by atoms with E-state index in [0.29, 0.717) is 5.92 Å². The zero-order valence-corrected chi connectivity index (χ0v) is 14.1. The number of hydrogen-bond acceptors (Lipinski definition) is 2. The molecule has 2 amide bonds. The van der Waals surface area contributed by atoms with Gasteiger partial charge >= 0.3 is 6.03 Å². The first-order valence-electron chi connectivity index (χ1n) is 8.29. The minimum absolute atomic E-state index is 0.0554. The van der Waals surface area contributed by atoms with E-state index in [1.165, 1.54) is 11.1 Å². The number of nitrogens with one attached hydrogen (secondary N) is 2. The summed E-state index contributed by atoms with van der Waals surface area (Å²) in [4.78, 5) is 17.5. The molecule has 1 aliphatic rings. The number of piperidine rings is 1. The lowest BCUT2D eigenvalue weighted by atomic mass is 9.93. The van der Waals surface area contributed by atoms with E-state index in [0.717, 1.165) is 37.2 Å². The van der Waals surface area contributed by atoms with Crippen molar-refractivity contribution in [2.75, 3.05) is 20.2 Å². The maximum atomic E-state index is 12.1. The van der Waals surface area contributed by atoms with Gasteiger partial charge in [-0.3, -0.25) is 0 Å². The van der Waals surface area contributed by atoms with Gasteiger partial charge in [-0.15, -0.1) is 0 Å². The van der Waals surface area contributed by atoms with Crippen molar-refractivity contribution >= 4 is 16.9 Å². The minimum Gasteiger partial charge on any atom is -0.497 e. The van der Waals surface area contributed by atoms with Crippen molar-refractivity contribution in [3.05, 3.63) is 30.0 Å². The number of rotatable bonds is 3. The zero-order chi connectivity index (χ0) is 16.4. The summed E-state index contributed by atoms with van der Waals surface area (Å²) in [5.41, 5.74) is 2.40. The maximum absolute atomic E-state index is 12.1. The standard InChI is InChI=1S/C18H25N3O2/c1-12(2)19-18(22)21-8-6-13(7-9-21)17-11-14-10-15(23-3)4-5-16(14)20-17/h4-5,10-13,20H,6-9H2,1-3H3,(H,19,22). The number of carbonyl (C=O) groups is 1. The van der Waals surface area contributed by atoms with Gasteiger partial charge in [-0.05, 0) is 51.0 Å². The Kier molecular flexibility index (Phi) is 4.46. The van der Waals surface area contributed by atoms with Gasteiger partial charge in [-0.1, -0.05) is 0 Å². The number of carbonyl (C=O) groups excluding carboxylic acids is 1. The molecule has 2 heterocycles. The molecule has 3 rings (SSSR count). The number of H-pyrrole nitrogens is 1. The fourth-order valence-electron chi connectivity index (χ4n) is 3.21. The summed E-state index contributed by atoms with van der Waals surface area (Å²) < 4.78 is 5.28. The van der Waals surface area contributed by atoms with Crippen LogP contribution in [0.3, 0.4) is 0 Å². The average Bonchev–Trinajstić information content (AvgIpc) is 2.97. The SMILES string of the molecule is COc1ccc2[nH]c(C3CCN(C(=O)NC(C)C)CC3)cc2c1. The molecule has 0 aliphatic carbocycles. The van der Waals surface area contributed by atoms with E-state index in [1.54, 1.807) is 7.11 Å². The normalized spacial score (nSPS) is 16.1. The number of aromatic nitrogens is 1. The van der Waals surface area contributed by atoms with Gasteiger partial charge < -0.3 is 19.9 Å². The van der Waals surface area contributed by atoms with Crippen LogP contribution in [0.15, 0.2) is 24.3 Å². The Hall–Kier alpha value is -2.17. The fourth-order valence-corrected chi connectivity index (χ4v) is 3.21. The van der Waals surface area contributed by atoms with Crippen LogP contribution in [0.25, 0.3) is 10.9 Å². The number of likely N-dealkylation sites (tertiary alicyclic amines) is 1. The average molecular weight is 315 g/mol. The molecular weight excluding hydrogens is 290 g/mol. The number of nitrogens with zero attached hydrogens (tertiary/aromatic N) is 1. The first kappa shape index (κ1) is 15.7. The molecule has 0 atom stereocenters. The molecule has 0 spiro atoms. The molecule has 1 aromatic carbocycles. The van der Waals surface area contributed by atoms with Crippen LogP contribution in [0, 0.1) is 0 Å². The molecule has 2 aromatic rings. The monoisotopic (exact) mass is 315 g/mol. The molecule has 1 aliphatic heterocycles. The Labute approximate surface area is 137 Å². The second kappa shape index (κ2) is 6.52. The van der Waals surface area contributed by atoms with Crippen LogP contribution >= 0.6 is 0 Å².